The van der Waals surface area contributed by atoms with Crippen molar-refractivity contribution in [3.8, 4) is 11.3 Å². The molecule has 0 atom stereocenters. The molecule has 194 valence electrons. The Bertz CT molecular complexity index is 1110. The topological polar surface area (TPSA) is 119 Å². The van der Waals surface area contributed by atoms with Gasteiger partial charge in [0.15, 0.2) is 0 Å². The number of hydrogen-bond donors (Lipinski definition) is 3. The van der Waals surface area contributed by atoms with Gasteiger partial charge in [-0.2, -0.15) is 5.10 Å². The van der Waals surface area contributed by atoms with Crippen LogP contribution in [0, 0.1) is 0 Å². The lowest BCUT2D eigenvalue weighted by Gasteiger charge is -2.09. The highest BCUT2D eigenvalue weighted by molar-refractivity contribution is 5.78. The van der Waals surface area contributed by atoms with Gasteiger partial charge in [-0.15, -0.1) is 0 Å². The molecule has 0 radical (unpaired) electrons. The summed E-state index contributed by atoms with van der Waals surface area (Å²) in [5.41, 5.74) is 9.77. The second-order valence-electron chi connectivity index (χ2n) is 7.97. The second kappa shape index (κ2) is 17.6. The first kappa shape index (κ1) is 30.3. The van der Waals surface area contributed by atoms with Crippen molar-refractivity contribution in [2.24, 2.45) is 5.73 Å². The third-order valence-electron chi connectivity index (χ3n) is 4.73. The molecule has 0 saturated heterocycles. The molecule has 0 aliphatic heterocycles. The normalized spacial score (nSPS) is 9.69. The Morgan fingerprint density at radius 2 is 1.72 bits per heavy atom. The lowest BCUT2D eigenvalue weighted by atomic mass is 10.1. The van der Waals surface area contributed by atoms with Crippen LogP contribution < -0.4 is 21.9 Å². The molecule has 3 aromatic rings. The van der Waals surface area contributed by atoms with Crippen LogP contribution in [0.25, 0.3) is 11.3 Å². The van der Waals surface area contributed by atoms with Crippen LogP contribution in [0.15, 0.2) is 65.5 Å². The number of amides is 1. The molecule has 8 nitrogen and oxygen atoms in total. The minimum absolute atomic E-state index is 0.0216. The quantitative estimate of drug-likeness (QED) is 0.309. The molecular formula is C28H39N5O3. The Kier molecular flexibility index (Phi) is 14.8. The van der Waals surface area contributed by atoms with E-state index < -0.39 is 0 Å². The van der Waals surface area contributed by atoms with E-state index in [1.165, 1.54) is 24.1 Å². The number of aldehydes is 1. The van der Waals surface area contributed by atoms with Gasteiger partial charge in [-0.3, -0.25) is 9.59 Å². The van der Waals surface area contributed by atoms with E-state index in [0.717, 1.165) is 35.1 Å². The maximum Gasteiger partial charge on any atom is 0.267 e. The number of nitrogens with two attached hydrogens (primary N) is 1. The molecule has 0 fully saturated rings. The highest BCUT2D eigenvalue weighted by Gasteiger charge is 2.07. The molecule has 0 unspecified atom stereocenters. The Morgan fingerprint density at radius 1 is 1.06 bits per heavy atom. The van der Waals surface area contributed by atoms with Crippen molar-refractivity contribution >= 4 is 17.9 Å². The molecule has 0 aliphatic rings. The molecule has 1 heterocycles. The number of hydrogen-bond acceptors (Lipinski definition) is 6. The van der Waals surface area contributed by atoms with Gasteiger partial charge < -0.3 is 21.2 Å². The lowest BCUT2D eigenvalue weighted by Crippen LogP contribution is -2.27. The van der Waals surface area contributed by atoms with Crippen LogP contribution >= 0.6 is 0 Å². The van der Waals surface area contributed by atoms with Gasteiger partial charge in [-0.25, -0.2) is 4.68 Å². The van der Waals surface area contributed by atoms with Gasteiger partial charge in [0, 0.05) is 30.9 Å². The first-order valence-electron chi connectivity index (χ1n) is 12.2. The average molecular weight is 494 g/mol. The number of nitrogens with zero attached hydrogens (tertiary/aromatic N) is 2. The van der Waals surface area contributed by atoms with Crippen molar-refractivity contribution in [1.29, 1.82) is 0 Å². The molecule has 4 N–H and O–H groups in total. The van der Waals surface area contributed by atoms with Gasteiger partial charge >= 0.3 is 0 Å². The van der Waals surface area contributed by atoms with E-state index in [1.807, 2.05) is 55.6 Å². The van der Waals surface area contributed by atoms with Crippen LogP contribution in [0.5, 0.6) is 0 Å². The van der Waals surface area contributed by atoms with Crippen molar-refractivity contribution in [3.05, 3.63) is 82.1 Å². The predicted octanol–water partition coefficient (Wildman–Crippen LogP) is 3.63. The van der Waals surface area contributed by atoms with Crippen molar-refractivity contribution in [2.45, 2.75) is 46.6 Å². The predicted molar refractivity (Wildman–Crippen MR) is 147 cm³/mol. The number of benzene rings is 2. The molecule has 3 rings (SSSR count). The lowest BCUT2D eigenvalue weighted by molar-refractivity contribution is -0.120. The summed E-state index contributed by atoms with van der Waals surface area (Å²) >= 11 is 0. The molecule has 0 aliphatic carbocycles. The van der Waals surface area contributed by atoms with Crippen LogP contribution in [0.4, 0.5) is 5.69 Å². The SMILES string of the molecule is CC=O.CCC.CNc1cccc(Cn2nc(-c3ccc(CC(=O)NCCCN)cc3)ccc2=O)c1. The van der Waals surface area contributed by atoms with Crippen LogP contribution in [-0.2, 0) is 22.6 Å². The highest BCUT2D eigenvalue weighted by Crippen LogP contribution is 2.17. The van der Waals surface area contributed by atoms with Gasteiger partial charge in [0.05, 0.1) is 18.7 Å². The zero-order valence-electron chi connectivity index (χ0n) is 21.8. The summed E-state index contributed by atoms with van der Waals surface area (Å²) in [6.07, 6.45) is 3.09. The molecule has 8 heteroatoms. The Labute approximate surface area is 213 Å². The van der Waals surface area contributed by atoms with Gasteiger partial charge in [0.25, 0.3) is 5.56 Å². The first-order valence-corrected chi connectivity index (χ1v) is 12.2. The zero-order valence-corrected chi connectivity index (χ0v) is 21.8. The second-order valence-corrected chi connectivity index (χ2v) is 7.97. The van der Waals surface area contributed by atoms with E-state index in [1.54, 1.807) is 6.07 Å². The number of rotatable bonds is 9. The van der Waals surface area contributed by atoms with Crippen molar-refractivity contribution < 1.29 is 9.59 Å². The Morgan fingerprint density at radius 3 is 2.33 bits per heavy atom. The average Bonchev–Trinajstić information content (AvgIpc) is 2.87. The monoisotopic (exact) mass is 493 g/mol. The maximum absolute atomic E-state index is 12.3. The van der Waals surface area contributed by atoms with E-state index in [2.05, 4.69) is 29.6 Å². The zero-order chi connectivity index (χ0) is 26.8. The third kappa shape index (κ3) is 11.1. The molecular weight excluding hydrogens is 454 g/mol. The fourth-order valence-electron chi connectivity index (χ4n) is 3.09. The Hall–Kier alpha value is -3.78. The Balaban J connectivity index is 0.000000982. The largest absolute Gasteiger partial charge is 0.388 e. The van der Waals surface area contributed by atoms with Gasteiger partial charge in [-0.05, 0) is 49.2 Å². The van der Waals surface area contributed by atoms with E-state index in [-0.39, 0.29) is 11.5 Å². The molecule has 2 aromatic carbocycles. The summed E-state index contributed by atoms with van der Waals surface area (Å²) < 4.78 is 1.46. The van der Waals surface area contributed by atoms with Crippen LogP contribution in [0.3, 0.4) is 0 Å². The number of anilines is 1. The minimum atomic E-state index is -0.153. The van der Waals surface area contributed by atoms with Crippen LogP contribution in [-0.4, -0.2) is 42.1 Å². The minimum Gasteiger partial charge on any atom is -0.388 e. The van der Waals surface area contributed by atoms with E-state index in [0.29, 0.717) is 31.7 Å². The number of carbonyl (C=O) groups is 2. The fourth-order valence-corrected chi connectivity index (χ4v) is 3.09. The summed E-state index contributed by atoms with van der Waals surface area (Å²) in [7, 11) is 1.86. The number of aromatic nitrogens is 2. The van der Waals surface area contributed by atoms with Gasteiger partial charge in [0.1, 0.15) is 6.29 Å². The smallest absolute Gasteiger partial charge is 0.267 e. The van der Waals surface area contributed by atoms with E-state index in [4.69, 9.17) is 10.5 Å². The molecule has 0 bridgehead atoms. The summed E-state index contributed by atoms with van der Waals surface area (Å²) in [5, 5.41) is 10.5. The van der Waals surface area contributed by atoms with Crippen molar-refractivity contribution in [2.75, 3.05) is 25.5 Å². The number of nitrogens with one attached hydrogen (secondary N) is 2. The van der Waals surface area contributed by atoms with Gasteiger partial charge in [0.2, 0.25) is 5.91 Å². The first-order chi connectivity index (χ1) is 17.4. The molecule has 36 heavy (non-hydrogen) atoms. The summed E-state index contributed by atoms with van der Waals surface area (Å²) in [6, 6.07) is 18.8. The van der Waals surface area contributed by atoms with Crippen molar-refractivity contribution in [1.82, 2.24) is 15.1 Å². The van der Waals surface area contributed by atoms with Gasteiger partial charge in [-0.1, -0.05) is 56.7 Å². The summed E-state index contributed by atoms with van der Waals surface area (Å²) in [5.74, 6) is -0.0216. The molecule has 1 aromatic heterocycles. The third-order valence-corrected chi connectivity index (χ3v) is 4.73. The highest BCUT2D eigenvalue weighted by atomic mass is 16.1. The van der Waals surface area contributed by atoms with E-state index in [9.17, 15) is 9.59 Å². The molecule has 0 spiro atoms. The fraction of sp³-hybridized carbons (Fsp3) is 0.357. The van der Waals surface area contributed by atoms with Crippen LogP contribution in [0.1, 0.15) is 44.7 Å². The summed E-state index contributed by atoms with van der Waals surface area (Å²) in [4.78, 5) is 33.0. The summed E-state index contributed by atoms with van der Waals surface area (Å²) in [6.45, 7) is 7.24. The standard InChI is InChI=1S/C23H27N5O2.C3H8.C2H4O/c1-25-20-5-2-4-18(14-20)16-28-23(30)11-10-21(27-28)19-8-6-17(7-9-19)15-22(29)26-13-3-12-24;1-3-2;1-2-3/h2,4-11,14,25H,3,12-13,15-16,24H2,1H3,(H,26,29);3H2,1-2H3;2H,1H3. The van der Waals surface area contributed by atoms with E-state index >= 15 is 0 Å². The molecule has 0 saturated carbocycles. The number of carbonyl (C=O) groups excluding carboxylic acids is 2. The van der Waals surface area contributed by atoms with Crippen LogP contribution in [0.2, 0.25) is 0 Å². The maximum atomic E-state index is 12.3. The van der Waals surface area contributed by atoms with Crippen molar-refractivity contribution in [3.63, 3.8) is 0 Å². The molecule has 1 amide bonds.